The van der Waals surface area contributed by atoms with E-state index < -0.39 is 11.9 Å². The van der Waals surface area contributed by atoms with Crippen molar-refractivity contribution in [3.8, 4) is 11.3 Å². The van der Waals surface area contributed by atoms with E-state index in [1.165, 1.54) is 12.1 Å². The summed E-state index contributed by atoms with van der Waals surface area (Å²) in [6.07, 6.45) is 8.01. The second kappa shape index (κ2) is 14.6. The van der Waals surface area contributed by atoms with Gasteiger partial charge in [-0.2, -0.15) is 0 Å². The largest absolute Gasteiger partial charge is 0.370 e. The molecule has 0 bridgehead atoms. The Bertz CT molecular complexity index is 2330. The summed E-state index contributed by atoms with van der Waals surface area (Å²) in [6, 6.07) is 16.2. The van der Waals surface area contributed by atoms with Crippen LogP contribution in [-0.2, 0) is 17.9 Å². The van der Waals surface area contributed by atoms with Crippen molar-refractivity contribution < 1.29 is 18.8 Å². The highest BCUT2D eigenvalue weighted by Gasteiger charge is 2.35. The number of benzene rings is 2. The minimum Gasteiger partial charge on any atom is -0.370 e. The van der Waals surface area contributed by atoms with Gasteiger partial charge in [-0.25, -0.2) is 14.4 Å². The normalized spacial score (nSPS) is 18.0. The molecule has 288 valence electrons. The van der Waals surface area contributed by atoms with E-state index in [2.05, 4.69) is 42.5 Å². The summed E-state index contributed by atoms with van der Waals surface area (Å²) in [7, 11) is 0. The lowest BCUT2D eigenvalue weighted by molar-refractivity contribution is -0.122. The van der Waals surface area contributed by atoms with Crippen LogP contribution in [0, 0.1) is 11.7 Å². The lowest BCUT2D eigenvalue weighted by Gasteiger charge is -2.40. The number of nitrogens with one attached hydrogen (secondary N) is 2. The minimum atomic E-state index is -0.579. The number of fused-ring (bicyclic) bond motifs is 3. The van der Waals surface area contributed by atoms with E-state index in [9.17, 15) is 18.8 Å². The van der Waals surface area contributed by atoms with Crippen LogP contribution in [0.3, 0.4) is 0 Å². The summed E-state index contributed by atoms with van der Waals surface area (Å²) >= 11 is 0. The number of nitrogens with zero attached hydrogens (tertiary/aromatic N) is 7. The van der Waals surface area contributed by atoms with Gasteiger partial charge in [-0.15, -0.1) is 0 Å². The summed E-state index contributed by atoms with van der Waals surface area (Å²) < 4.78 is 15.6. The molecule has 5 aromatic rings. The average Bonchev–Trinajstić information content (AvgIpc) is 3.91. The minimum absolute atomic E-state index is 0.113. The van der Waals surface area contributed by atoms with Crippen molar-refractivity contribution in [2.24, 2.45) is 11.7 Å². The second-order valence-electron chi connectivity index (χ2n) is 15.3. The van der Waals surface area contributed by atoms with Crippen LogP contribution in [0.15, 0.2) is 73.2 Å². The van der Waals surface area contributed by atoms with Gasteiger partial charge in [-0.1, -0.05) is 13.0 Å². The summed E-state index contributed by atoms with van der Waals surface area (Å²) in [6.45, 7) is 9.60. The van der Waals surface area contributed by atoms with Crippen LogP contribution in [0.5, 0.6) is 0 Å². The highest BCUT2D eigenvalue weighted by atomic mass is 19.1. The van der Waals surface area contributed by atoms with Crippen LogP contribution in [0.4, 0.5) is 27.3 Å². The van der Waals surface area contributed by atoms with Gasteiger partial charge in [0.1, 0.15) is 23.3 Å². The molecule has 0 saturated carbocycles. The zero-order chi connectivity index (χ0) is 38.5. The van der Waals surface area contributed by atoms with Crippen LogP contribution >= 0.6 is 0 Å². The van der Waals surface area contributed by atoms with Gasteiger partial charge in [0.2, 0.25) is 5.91 Å². The Morgan fingerprint density at radius 3 is 2.45 bits per heavy atom. The van der Waals surface area contributed by atoms with E-state index in [1.807, 2.05) is 47.9 Å². The Kier molecular flexibility index (Phi) is 9.28. The van der Waals surface area contributed by atoms with Crippen LogP contribution in [0.1, 0.15) is 58.0 Å². The molecule has 4 aliphatic heterocycles. The van der Waals surface area contributed by atoms with E-state index in [0.717, 1.165) is 92.4 Å². The maximum Gasteiger partial charge on any atom is 0.255 e. The Morgan fingerprint density at radius 1 is 0.929 bits per heavy atom. The average molecular weight is 757 g/mol. The van der Waals surface area contributed by atoms with Crippen molar-refractivity contribution in [1.29, 1.82) is 0 Å². The number of hydrogen-bond acceptors (Lipinski definition) is 9. The fourth-order valence-corrected chi connectivity index (χ4v) is 8.91. The summed E-state index contributed by atoms with van der Waals surface area (Å²) in [5.41, 5.74) is 13.7. The van der Waals surface area contributed by atoms with Crippen molar-refractivity contribution >= 4 is 46.2 Å². The van der Waals surface area contributed by atoms with E-state index in [-0.39, 0.29) is 17.6 Å². The van der Waals surface area contributed by atoms with Gasteiger partial charge in [0, 0.05) is 88.0 Å². The Balaban J connectivity index is 0.772. The number of nitrogens with two attached hydrogens (primary N) is 1. The van der Waals surface area contributed by atoms with Crippen LogP contribution in [-0.4, -0.2) is 93.7 Å². The maximum atomic E-state index is 13.8. The molecule has 7 heterocycles. The molecule has 2 fully saturated rings. The predicted octanol–water partition coefficient (Wildman–Crippen LogP) is 4.78. The van der Waals surface area contributed by atoms with Crippen molar-refractivity contribution in [2.75, 3.05) is 60.9 Å². The fraction of sp³-hybridized carbons (Fsp3) is 0.357. The van der Waals surface area contributed by atoms with Crippen molar-refractivity contribution in [3.63, 3.8) is 0 Å². The molecule has 2 saturated heterocycles. The third-order valence-electron chi connectivity index (χ3n) is 12.0. The molecule has 2 aromatic carbocycles. The second-order valence-corrected chi connectivity index (χ2v) is 15.3. The molecule has 1 unspecified atom stereocenters. The molecule has 13 nitrogen and oxygen atoms in total. The van der Waals surface area contributed by atoms with E-state index >= 15 is 0 Å². The number of carbonyl (C=O) groups is 3. The zero-order valence-corrected chi connectivity index (χ0v) is 31.4. The van der Waals surface area contributed by atoms with Gasteiger partial charge < -0.3 is 31.1 Å². The number of anilines is 4. The molecule has 4 N–H and O–H groups in total. The monoisotopic (exact) mass is 756 g/mol. The first kappa shape index (κ1) is 35.7. The van der Waals surface area contributed by atoms with Crippen LogP contribution in [0.2, 0.25) is 0 Å². The first-order valence-electron chi connectivity index (χ1n) is 19.5. The number of rotatable bonds is 10. The molecule has 3 aromatic heterocycles. The van der Waals surface area contributed by atoms with Crippen molar-refractivity contribution in [3.05, 3.63) is 101 Å². The van der Waals surface area contributed by atoms with E-state index in [1.54, 1.807) is 17.3 Å². The van der Waals surface area contributed by atoms with E-state index in [0.29, 0.717) is 53.7 Å². The molecule has 3 amide bonds. The van der Waals surface area contributed by atoms with Crippen molar-refractivity contribution in [1.82, 2.24) is 29.5 Å². The number of amides is 3. The highest BCUT2D eigenvalue weighted by Crippen LogP contribution is 2.36. The number of pyridine rings is 2. The van der Waals surface area contributed by atoms with Gasteiger partial charge in [0.25, 0.3) is 11.8 Å². The Morgan fingerprint density at radius 2 is 1.70 bits per heavy atom. The Hall–Kier alpha value is -6.02. The van der Waals surface area contributed by atoms with Gasteiger partial charge in [-0.05, 0) is 78.8 Å². The standard InChI is InChI=1S/C42H45FN10O3/c1-2-35(40(44)54)53-25-27-19-29(3-5-31(27)42(53)56)51-17-15-49(16-18-51)24-26-9-12-50(13-10-26)30-4-8-37(45-21-30)48-34-7-6-32(33-22-47-41(55)39(33)34)36-23-46-38-20-28(43)11-14-52(36)38/h3-8,11,14,19-21,23,26,35H,2,9-10,12-13,15-18,22,24-25H2,1H3,(H2,44,54)(H,45,48)(H,47,55). The number of hydrogen-bond donors (Lipinski definition) is 3. The number of imidazole rings is 1. The zero-order valence-electron chi connectivity index (χ0n) is 31.4. The van der Waals surface area contributed by atoms with E-state index in [4.69, 9.17) is 10.7 Å². The van der Waals surface area contributed by atoms with Gasteiger partial charge in [-0.3, -0.25) is 23.7 Å². The molecule has 14 heteroatoms. The Labute approximate surface area is 324 Å². The highest BCUT2D eigenvalue weighted by molar-refractivity contribution is 6.06. The lowest BCUT2D eigenvalue weighted by atomic mass is 9.95. The number of halogens is 1. The van der Waals surface area contributed by atoms with Gasteiger partial charge >= 0.3 is 0 Å². The molecule has 0 aliphatic carbocycles. The molecular formula is C42H45FN10O3. The van der Waals surface area contributed by atoms with Crippen LogP contribution in [0.25, 0.3) is 16.9 Å². The third kappa shape index (κ3) is 6.57. The number of piperazine rings is 1. The van der Waals surface area contributed by atoms with Gasteiger partial charge in [0.15, 0.2) is 0 Å². The molecular weight excluding hydrogens is 712 g/mol. The predicted molar refractivity (Wildman–Crippen MR) is 212 cm³/mol. The topological polar surface area (TPSA) is 144 Å². The molecule has 1 atom stereocenters. The summed E-state index contributed by atoms with van der Waals surface area (Å²) in [4.78, 5) is 56.0. The number of primary amides is 1. The van der Waals surface area contributed by atoms with Crippen molar-refractivity contribution in [2.45, 2.75) is 45.3 Å². The summed E-state index contributed by atoms with van der Waals surface area (Å²) in [5, 5.41) is 6.32. The SMILES string of the molecule is CCC(C(N)=O)N1Cc2cc(N3CCN(CC4CCN(c5ccc(Nc6ccc(-c7cnc8cc(F)ccn78)c7c6C(=O)NC7)nc5)CC4)CC3)ccc2C1=O. The third-order valence-corrected chi connectivity index (χ3v) is 12.0. The molecule has 0 radical (unpaired) electrons. The fourth-order valence-electron chi connectivity index (χ4n) is 8.91. The molecule has 4 aliphatic rings. The maximum absolute atomic E-state index is 13.8. The number of aromatic nitrogens is 3. The number of carbonyl (C=O) groups excluding carboxylic acids is 3. The van der Waals surface area contributed by atoms with Crippen LogP contribution < -0.4 is 26.2 Å². The smallest absolute Gasteiger partial charge is 0.255 e. The number of piperidine rings is 1. The quantitative estimate of drug-likeness (QED) is 0.184. The van der Waals surface area contributed by atoms with Gasteiger partial charge in [0.05, 0.1) is 35.0 Å². The first-order chi connectivity index (χ1) is 27.2. The molecule has 9 rings (SSSR count). The molecule has 0 spiro atoms. The summed E-state index contributed by atoms with van der Waals surface area (Å²) in [5.74, 6) is 0.227. The molecule has 56 heavy (non-hydrogen) atoms. The first-order valence-corrected chi connectivity index (χ1v) is 19.5. The lowest BCUT2D eigenvalue weighted by Crippen LogP contribution is -2.49.